The first-order valence-electron chi connectivity index (χ1n) is 8.11. The van der Waals surface area contributed by atoms with Gasteiger partial charge in [-0.25, -0.2) is 13.6 Å². The van der Waals surface area contributed by atoms with Crippen molar-refractivity contribution in [3.05, 3.63) is 65.9 Å². The van der Waals surface area contributed by atoms with Crippen LogP contribution in [0.25, 0.3) is 0 Å². The normalized spacial score (nSPS) is 11.7. The average Bonchev–Trinajstić information content (AvgIpc) is 2.62. The number of hydrogen-bond donors (Lipinski definition) is 3. The summed E-state index contributed by atoms with van der Waals surface area (Å²) in [5.74, 6) is -0.206. The lowest BCUT2D eigenvalue weighted by atomic mass is 10.0. The fraction of sp³-hybridized carbons (Fsp3) is 0.158. The Morgan fingerprint density at radius 1 is 1.07 bits per heavy atom. The summed E-state index contributed by atoms with van der Waals surface area (Å²) >= 11 is 0. The molecule has 0 fully saturated rings. The molecule has 0 aliphatic carbocycles. The predicted molar refractivity (Wildman–Crippen MR) is 104 cm³/mol. The number of rotatable bonds is 6. The highest BCUT2D eigenvalue weighted by atomic mass is 32.2. The molecule has 8 heteroatoms. The number of hydrogen-bond acceptors (Lipinski definition) is 5. The lowest BCUT2D eigenvalue weighted by molar-refractivity contribution is -0.112. The highest BCUT2D eigenvalue weighted by Crippen LogP contribution is 2.18. The van der Waals surface area contributed by atoms with Crippen LogP contribution < -0.4 is 15.8 Å². The Morgan fingerprint density at radius 2 is 1.63 bits per heavy atom. The van der Waals surface area contributed by atoms with Gasteiger partial charge in [0.2, 0.25) is 10.0 Å². The van der Waals surface area contributed by atoms with E-state index < -0.39 is 15.9 Å². The number of benzene rings is 2. The Labute approximate surface area is 158 Å². The zero-order chi connectivity index (χ0) is 20.0. The van der Waals surface area contributed by atoms with Crippen LogP contribution in [0, 0.1) is 11.3 Å². The molecule has 0 heterocycles. The van der Waals surface area contributed by atoms with E-state index in [1.807, 2.05) is 30.3 Å². The molecule has 0 radical (unpaired) electrons. The molecule has 2 aromatic rings. The summed E-state index contributed by atoms with van der Waals surface area (Å²) in [4.78, 5) is 12.1. The number of nitriles is 1. The van der Waals surface area contributed by atoms with Gasteiger partial charge in [-0.05, 0) is 47.9 Å². The van der Waals surface area contributed by atoms with E-state index in [1.54, 1.807) is 0 Å². The Balaban J connectivity index is 2.06. The van der Waals surface area contributed by atoms with Crippen molar-refractivity contribution < 1.29 is 13.2 Å². The molecule has 0 atom stereocenters. The van der Waals surface area contributed by atoms with Crippen LogP contribution in [0.15, 0.2) is 65.2 Å². The minimum atomic E-state index is -3.80. The van der Waals surface area contributed by atoms with Gasteiger partial charge in [0, 0.05) is 17.6 Å². The van der Waals surface area contributed by atoms with Gasteiger partial charge >= 0.3 is 0 Å². The van der Waals surface area contributed by atoms with E-state index in [0.717, 1.165) is 5.69 Å². The maximum absolute atomic E-state index is 12.2. The summed E-state index contributed by atoms with van der Waals surface area (Å²) in [6.07, 6.45) is 1.32. The van der Waals surface area contributed by atoms with E-state index in [2.05, 4.69) is 24.5 Å². The molecule has 0 aromatic heterocycles. The number of nitrogens with one attached hydrogen (secondary N) is 2. The van der Waals surface area contributed by atoms with Crippen LogP contribution in [0.1, 0.15) is 25.3 Å². The first-order valence-corrected chi connectivity index (χ1v) is 9.66. The molecule has 2 aromatic carbocycles. The third-order valence-corrected chi connectivity index (χ3v) is 4.70. The minimum absolute atomic E-state index is 0.0666. The Bertz CT molecular complexity index is 987. The maximum Gasteiger partial charge on any atom is 0.267 e. The highest BCUT2D eigenvalue weighted by molar-refractivity contribution is 7.89. The van der Waals surface area contributed by atoms with Gasteiger partial charge in [-0.3, -0.25) is 4.79 Å². The van der Waals surface area contributed by atoms with Crippen molar-refractivity contribution in [3.63, 3.8) is 0 Å². The van der Waals surface area contributed by atoms with Crippen LogP contribution in [-0.4, -0.2) is 14.3 Å². The van der Waals surface area contributed by atoms with E-state index in [4.69, 9.17) is 5.14 Å². The summed E-state index contributed by atoms with van der Waals surface area (Å²) in [5.41, 5.74) is 2.15. The number of sulfonamides is 1. The van der Waals surface area contributed by atoms with E-state index in [-0.39, 0.29) is 10.5 Å². The monoisotopic (exact) mass is 384 g/mol. The average molecular weight is 384 g/mol. The molecular formula is C19H20N4O3S. The standard InChI is InChI=1S/C19H20N4O3S/c1-13(2)14-3-5-16(6-4-14)22-12-15(11-20)19(24)23-17-7-9-18(10-8-17)27(21,25)26/h3-10,12-13,22H,1-2H3,(H,23,24)(H2,21,25,26)/b15-12-. The van der Waals surface area contributed by atoms with Crippen LogP contribution in [0.3, 0.4) is 0 Å². The van der Waals surface area contributed by atoms with Crippen LogP contribution in [0.5, 0.6) is 0 Å². The zero-order valence-corrected chi connectivity index (χ0v) is 15.7. The first-order chi connectivity index (χ1) is 12.7. The molecule has 0 aliphatic rings. The molecule has 2 rings (SSSR count). The largest absolute Gasteiger partial charge is 0.360 e. The maximum atomic E-state index is 12.2. The third-order valence-electron chi connectivity index (χ3n) is 3.77. The number of amides is 1. The summed E-state index contributed by atoms with van der Waals surface area (Å²) in [7, 11) is -3.80. The van der Waals surface area contributed by atoms with Crippen LogP contribution in [-0.2, 0) is 14.8 Å². The van der Waals surface area contributed by atoms with E-state index >= 15 is 0 Å². The van der Waals surface area contributed by atoms with Gasteiger partial charge < -0.3 is 10.6 Å². The molecule has 7 nitrogen and oxygen atoms in total. The van der Waals surface area contributed by atoms with E-state index in [9.17, 15) is 18.5 Å². The first kappa shape index (κ1) is 20.2. The number of anilines is 2. The van der Waals surface area contributed by atoms with Gasteiger partial charge in [0.1, 0.15) is 11.6 Å². The Morgan fingerprint density at radius 3 is 2.11 bits per heavy atom. The molecule has 140 valence electrons. The highest BCUT2D eigenvalue weighted by Gasteiger charge is 2.11. The predicted octanol–water partition coefficient (Wildman–Crippen LogP) is 2.92. The summed E-state index contributed by atoms with van der Waals surface area (Å²) in [6, 6.07) is 14.8. The lowest BCUT2D eigenvalue weighted by Gasteiger charge is -2.08. The second-order valence-electron chi connectivity index (χ2n) is 6.11. The fourth-order valence-corrected chi connectivity index (χ4v) is 2.71. The SMILES string of the molecule is CC(C)c1ccc(N/C=C(/C#N)C(=O)Nc2ccc(S(N)(=O)=O)cc2)cc1. The third kappa shape index (κ3) is 5.67. The topological polar surface area (TPSA) is 125 Å². The van der Waals surface area contributed by atoms with Crippen molar-refractivity contribution >= 4 is 27.3 Å². The molecule has 0 spiro atoms. The van der Waals surface area contributed by atoms with E-state index in [0.29, 0.717) is 11.6 Å². The molecule has 0 bridgehead atoms. The second kappa shape index (κ2) is 8.49. The minimum Gasteiger partial charge on any atom is -0.360 e. The van der Waals surface area contributed by atoms with Crippen molar-refractivity contribution in [3.8, 4) is 6.07 Å². The van der Waals surface area contributed by atoms with Gasteiger partial charge in [-0.1, -0.05) is 26.0 Å². The summed E-state index contributed by atoms with van der Waals surface area (Å²) in [5, 5.41) is 19.7. The van der Waals surface area contributed by atoms with Gasteiger partial charge in [0.05, 0.1) is 4.90 Å². The fourth-order valence-electron chi connectivity index (χ4n) is 2.19. The van der Waals surface area contributed by atoms with Gasteiger partial charge in [0.25, 0.3) is 5.91 Å². The van der Waals surface area contributed by atoms with Crippen molar-refractivity contribution in [1.29, 1.82) is 5.26 Å². The molecule has 0 saturated heterocycles. The molecular weight excluding hydrogens is 364 g/mol. The summed E-state index contributed by atoms with van der Waals surface area (Å²) in [6.45, 7) is 4.19. The number of nitrogens with zero attached hydrogens (tertiary/aromatic N) is 1. The zero-order valence-electron chi connectivity index (χ0n) is 14.9. The van der Waals surface area contributed by atoms with Crippen LogP contribution in [0.2, 0.25) is 0 Å². The molecule has 0 unspecified atom stereocenters. The quantitative estimate of drug-likeness (QED) is 0.521. The lowest BCUT2D eigenvalue weighted by Crippen LogP contribution is -2.15. The number of nitrogens with two attached hydrogens (primary N) is 1. The molecule has 4 N–H and O–H groups in total. The number of primary sulfonamides is 1. The molecule has 0 aliphatic heterocycles. The van der Waals surface area contributed by atoms with Crippen molar-refractivity contribution in [2.45, 2.75) is 24.7 Å². The van der Waals surface area contributed by atoms with E-state index in [1.165, 1.54) is 36.0 Å². The van der Waals surface area contributed by atoms with Gasteiger partial charge in [-0.2, -0.15) is 5.26 Å². The molecule has 0 saturated carbocycles. The van der Waals surface area contributed by atoms with Gasteiger partial charge in [0.15, 0.2) is 0 Å². The van der Waals surface area contributed by atoms with Crippen LogP contribution in [0.4, 0.5) is 11.4 Å². The van der Waals surface area contributed by atoms with Crippen molar-refractivity contribution in [1.82, 2.24) is 0 Å². The van der Waals surface area contributed by atoms with Crippen molar-refractivity contribution in [2.24, 2.45) is 5.14 Å². The van der Waals surface area contributed by atoms with Gasteiger partial charge in [-0.15, -0.1) is 0 Å². The molecule has 27 heavy (non-hydrogen) atoms. The smallest absolute Gasteiger partial charge is 0.267 e. The molecule has 1 amide bonds. The summed E-state index contributed by atoms with van der Waals surface area (Å²) < 4.78 is 22.5. The second-order valence-corrected chi connectivity index (χ2v) is 7.68. The number of carbonyl (C=O) groups is 1. The van der Waals surface area contributed by atoms with Crippen molar-refractivity contribution in [2.75, 3.05) is 10.6 Å². The Hall–Kier alpha value is -3.15. The number of carbonyl (C=O) groups excluding carboxylic acids is 1. The Kier molecular flexibility index (Phi) is 6.34. The van der Waals surface area contributed by atoms with Crippen LogP contribution >= 0.6 is 0 Å².